The molecule has 0 bridgehead atoms. The van der Waals surface area contributed by atoms with Crippen LogP contribution < -0.4 is 0 Å². The first-order valence-electron chi connectivity index (χ1n) is 7.41. The zero-order valence-electron chi connectivity index (χ0n) is 13.7. The third-order valence-electron chi connectivity index (χ3n) is 3.55. The highest BCUT2D eigenvalue weighted by Gasteiger charge is 2.45. The van der Waals surface area contributed by atoms with Gasteiger partial charge in [0.1, 0.15) is 11.6 Å². The Morgan fingerprint density at radius 2 is 1.84 bits per heavy atom. The van der Waals surface area contributed by atoms with Crippen LogP contribution in [0.5, 0.6) is 0 Å². The summed E-state index contributed by atoms with van der Waals surface area (Å²) in [6.45, 7) is 15.4. The molecular weight excluding hydrogens is 236 g/mol. The molecule has 1 fully saturated rings. The summed E-state index contributed by atoms with van der Waals surface area (Å²) in [5.41, 5.74) is 0.00868. The molecule has 112 valence electrons. The molecule has 0 aliphatic heterocycles. The van der Waals surface area contributed by atoms with Gasteiger partial charge in [0, 0.05) is 18.3 Å². The minimum Gasteiger partial charge on any atom is -0.300 e. The molecule has 0 amide bonds. The molecule has 0 saturated heterocycles. The normalized spacial score (nSPS) is 19.1. The Kier molecular flexibility index (Phi) is 11.8. The molecule has 0 spiro atoms. The lowest BCUT2D eigenvalue weighted by atomic mass is 9.60. The van der Waals surface area contributed by atoms with Crippen LogP contribution in [-0.4, -0.2) is 11.6 Å². The van der Waals surface area contributed by atoms with Crippen molar-refractivity contribution in [3.63, 3.8) is 0 Å². The van der Waals surface area contributed by atoms with Crippen molar-refractivity contribution in [3.8, 4) is 0 Å². The van der Waals surface area contributed by atoms with Gasteiger partial charge in [0.05, 0.1) is 0 Å². The average Bonchev–Trinajstić information content (AvgIpc) is 2.36. The van der Waals surface area contributed by atoms with Crippen molar-refractivity contribution < 1.29 is 9.59 Å². The molecule has 1 atom stereocenters. The van der Waals surface area contributed by atoms with Gasteiger partial charge in [-0.2, -0.15) is 0 Å². The minimum atomic E-state index is 0.00868. The van der Waals surface area contributed by atoms with Gasteiger partial charge in [0.25, 0.3) is 0 Å². The van der Waals surface area contributed by atoms with Crippen molar-refractivity contribution in [2.45, 2.75) is 73.6 Å². The Morgan fingerprint density at radius 1 is 1.37 bits per heavy atom. The molecule has 0 N–H and O–H groups in total. The quantitative estimate of drug-likeness (QED) is 0.675. The molecule has 1 unspecified atom stereocenters. The van der Waals surface area contributed by atoms with Crippen molar-refractivity contribution in [1.82, 2.24) is 0 Å². The lowest BCUT2D eigenvalue weighted by molar-refractivity contribution is -0.142. The van der Waals surface area contributed by atoms with Gasteiger partial charge in [-0.25, -0.2) is 0 Å². The van der Waals surface area contributed by atoms with E-state index in [1.807, 2.05) is 26.8 Å². The topological polar surface area (TPSA) is 34.1 Å². The van der Waals surface area contributed by atoms with Gasteiger partial charge in [-0.15, -0.1) is 6.58 Å². The van der Waals surface area contributed by atoms with E-state index in [0.29, 0.717) is 11.7 Å². The number of allylic oxidation sites excluding steroid dienone is 1. The van der Waals surface area contributed by atoms with Crippen LogP contribution >= 0.6 is 0 Å². The fraction of sp³-hybridized carbons (Fsp3) is 0.765. The molecule has 1 rings (SSSR count). The van der Waals surface area contributed by atoms with Crippen LogP contribution in [0.2, 0.25) is 0 Å². The molecule has 2 nitrogen and oxygen atoms in total. The average molecular weight is 268 g/mol. The fourth-order valence-corrected chi connectivity index (χ4v) is 1.85. The first-order chi connectivity index (χ1) is 8.77. The highest BCUT2D eigenvalue weighted by molar-refractivity contribution is 5.90. The van der Waals surface area contributed by atoms with E-state index >= 15 is 0 Å². The van der Waals surface area contributed by atoms with Crippen LogP contribution in [0.25, 0.3) is 0 Å². The van der Waals surface area contributed by atoms with Crippen LogP contribution in [0.15, 0.2) is 12.7 Å². The van der Waals surface area contributed by atoms with Gasteiger partial charge in [-0.3, -0.25) is 4.79 Å². The van der Waals surface area contributed by atoms with Gasteiger partial charge in [-0.1, -0.05) is 47.1 Å². The summed E-state index contributed by atoms with van der Waals surface area (Å²) >= 11 is 0. The maximum absolute atomic E-state index is 10.9. The number of carbonyl (C=O) groups excluding carboxylic acids is 2. The minimum absolute atomic E-state index is 0.00868. The van der Waals surface area contributed by atoms with Crippen molar-refractivity contribution in [2.75, 3.05) is 0 Å². The second kappa shape index (κ2) is 11.0. The summed E-state index contributed by atoms with van der Waals surface area (Å²) in [6, 6.07) is 0. The lowest BCUT2D eigenvalue weighted by Gasteiger charge is -2.42. The second-order valence-electron chi connectivity index (χ2n) is 5.60. The molecule has 2 heteroatoms. The summed E-state index contributed by atoms with van der Waals surface area (Å²) in [6.07, 6.45) is 6.65. The molecule has 0 radical (unpaired) electrons. The van der Waals surface area contributed by atoms with E-state index in [1.54, 1.807) is 6.92 Å². The smallest absolute Gasteiger partial charge is 0.139 e. The largest absolute Gasteiger partial charge is 0.300 e. The zero-order valence-corrected chi connectivity index (χ0v) is 13.7. The molecule has 0 aromatic rings. The Balaban J connectivity index is 0. The molecule has 0 heterocycles. The third kappa shape index (κ3) is 8.74. The molecule has 0 aromatic carbocycles. The summed E-state index contributed by atoms with van der Waals surface area (Å²) < 4.78 is 0. The summed E-state index contributed by atoms with van der Waals surface area (Å²) in [4.78, 5) is 21.0. The van der Waals surface area contributed by atoms with Crippen LogP contribution in [0, 0.1) is 11.3 Å². The summed E-state index contributed by atoms with van der Waals surface area (Å²) in [5, 5.41) is 0. The standard InChI is InChI=1S/C8H14O.C5H10O.C4H8/c1-4-6-5-7(9)8(6,2)3;1-3-4-5(2)6;1-3-4-2/h6H,4-5H2,1-3H3;3-4H2,1-2H3;3H,1,4H2,2H3. The van der Waals surface area contributed by atoms with E-state index in [2.05, 4.69) is 20.4 Å². The SMILES string of the molecule is C=CCC.CCC1CC(=O)C1(C)C.CCCC(C)=O. The number of Topliss-reactive ketones (excluding diaryl/α,β-unsaturated/α-hetero) is 2. The lowest BCUT2D eigenvalue weighted by Crippen LogP contribution is -2.44. The molecule has 1 saturated carbocycles. The Labute approximate surface area is 119 Å². The molecule has 19 heavy (non-hydrogen) atoms. The van der Waals surface area contributed by atoms with Crippen molar-refractivity contribution in [2.24, 2.45) is 11.3 Å². The first-order valence-corrected chi connectivity index (χ1v) is 7.41. The Morgan fingerprint density at radius 3 is 1.89 bits per heavy atom. The van der Waals surface area contributed by atoms with Crippen LogP contribution in [0.3, 0.4) is 0 Å². The molecule has 0 aromatic heterocycles. The summed E-state index contributed by atoms with van der Waals surface area (Å²) in [5.74, 6) is 1.39. The number of rotatable bonds is 4. The third-order valence-corrected chi connectivity index (χ3v) is 3.55. The van der Waals surface area contributed by atoms with Crippen molar-refractivity contribution >= 4 is 11.6 Å². The summed E-state index contributed by atoms with van der Waals surface area (Å²) in [7, 11) is 0. The molecule has 1 aliphatic carbocycles. The highest BCUT2D eigenvalue weighted by atomic mass is 16.1. The number of carbonyl (C=O) groups is 2. The number of ketones is 2. The van der Waals surface area contributed by atoms with Crippen LogP contribution in [0.1, 0.15) is 73.6 Å². The van der Waals surface area contributed by atoms with E-state index in [9.17, 15) is 9.59 Å². The highest BCUT2D eigenvalue weighted by Crippen LogP contribution is 2.44. The predicted octanol–water partition coefficient (Wildman–Crippen LogP) is 4.97. The monoisotopic (exact) mass is 268 g/mol. The van der Waals surface area contributed by atoms with Crippen LogP contribution in [0.4, 0.5) is 0 Å². The van der Waals surface area contributed by atoms with Crippen LogP contribution in [-0.2, 0) is 9.59 Å². The van der Waals surface area contributed by atoms with E-state index in [0.717, 1.165) is 32.1 Å². The number of hydrogen-bond acceptors (Lipinski definition) is 2. The Hall–Kier alpha value is -0.920. The molecule has 1 aliphatic rings. The maximum atomic E-state index is 10.9. The zero-order chi connectivity index (χ0) is 15.5. The van der Waals surface area contributed by atoms with E-state index < -0.39 is 0 Å². The van der Waals surface area contributed by atoms with Gasteiger partial charge < -0.3 is 4.79 Å². The second-order valence-corrected chi connectivity index (χ2v) is 5.60. The van der Waals surface area contributed by atoms with Gasteiger partial charge in [0.2, 0.25) is 0 Å². The van der Waals surface area contributed by atoms with Crippen molar-refractivity contribution in [1.29, 1.82) is 0 Å². The van der Waals surface area contributed by atoms with Crippen molar-refractivity contribution in [3.05, 3.63) is 12.7 Å². The molecular formula is C17H32O2. The Bertz CT molecular complexity index is 277. The van der Waals surface area contributed by atoms with E-state index in [4.69, 9.17) is 0 Å². The maximum Gasteiger partial charge on any atom is 0.139 e. The van der Waals surface area contributed by atoms with Gasteiger partial charge in [-0.05, 0) is 25.7 Å². The number of hydrogen-bond donors (Lipinski definition) is 0. The van der Waals surface area contributed by atoms with Gasteiger partial charge in [0.15, 0.2) is 0 Å². The van der Waals surface area contributed by atoms with E-state index in [1.165, 1.54) is 0 Å². The first kappa shape index (κ1) is 20.4. The predicted molar refractivity (Wildman–Crippen MR) is 83.3 cm³/mol. The van der Waals surface area contributed by atoms with E-state index in [-0.39, 0.29) is 11.2 Å². The fourth-order valence-electron chi connectivity index (χ4n) is 1.85. The van der Waals surface area contributed by atoms with Gasteiger partial charge >= 0.3 is 0 Å².